The maximum absolute atomic E-state index is 10.8. The largest absolute Gasteiger partial charge is 0.394 e. The molecule has 0 amide bonds. The van der Waals surface area contributed by atoms with E-state index in [-0.39, 0.29) is 18.6 Å². The number of imidazole rings is 1. The van der Waals surface area contributed by atoms with E-state index in [2.05, 4.69) is 24.8 Å². The van der Waals surface area contributed by atoms with Crippen molar-refractivity contribution in [2.75, 3.05) is 36.0 Å². The van der Waals surface area contributed by atoms with Gasteiger partial charge in [-0.2, -0.15) is 0 Å². The van der Waals surface area contributed by atoms with Gasteiger partial charge in [-0.1, -0.05) is 0 Å². The third kappa shape index (κ3) is 3.64. The van der Waals surface area contributed by atoms with Crippen molar-refractivity contribution in [3.63, 3.8) is 0 Å². The molecule has 0 aromatic carbocycles. The Kier molecular flexibility index (Phi) is 5.27. The molecule has 2 aromatic rings. The van der Waals surface area contributed by atoms with Gasteiger partial charge in [-0.3, -0.25) is 0 Å². The molecule has 0 aliphatic carbocycles. The maximum Gasteiger partial charge on any atom is 0.137 e. The summed E-state index contributed by atoms with van der Waals surface area (Å²) < 4.78 is 1.88. The Bertz CT molecular complexity index is 766. The van der Waals surface area contributed by atoms with Crippen LogP contribution in [0.5, 0.6) is 0 Å². The SMILES string of the molecule is Cn1ccnc1C(O)C1CCCN(c2cc(N3CCCC3CO)ncn2)C1. The highest BCUT2D eigenvalue weighted by Crippen LogP contribution is 2.32. The minimum atomic E-state index is -0.577. The number of aliphatic hydroxyl groups excluding tert-OH is 2. The van der Waals surface area contributed by atoms with Crippen LogP contribution in [0.1, 0.15) is 37.6 Å². The van der Waals surface area contributed by atoms with Crippen LogP contribution in [-0.2, 0) is 7.05 Å². The van der Waals surface area contributed by atoms with Crippen molar-refractivity contribution >= 4 is 11.6 Å². The van der Waals surface area contributed by atoms with Gasteiger partial charge in [0.1, 0.15) is 29.9 Å². The molecular formula is C19H28N6O2. The van der Waals surface area contributed by atoms with Gasteiger partial charge in [-0.15, -0.1) is 0 Å². The quantitative estimate of drug-likeness (QED) is 0.813. The fourth-order valence-corrected chi connectivity index (χ4v) is 4.34. The number of anilines is 2. The number of nitrogens with zero attached hydrogens (tertiary/aromatic N) is 6. The molecule has 3 atom stereocenters. The van der Waals surface area contributed by atoms with Gasteiger partial charge in [0.05, 0.1) is 12.6 Å². The summed E-state index contributed by atoms with van der Waals surface area (Å²) in [6.45, 7) is 2.74. The molecule has 0 bridgehead atoms. The molecule has 4 heterocycles. The standard InChI is InChI=1S/C19H28N6O2/c1-23-9-6-20-19(23)18(27)14-4-2-7-24(11-14)16-10-17(22-13-21-16)25-8-3-5-15(25)12-26/h6,9-10,13-15,18,26-27H,2-5,7-8,11-12H2,1H3. The van der Waals surface area contributed by atoms with Crippen LogP contribution in [0.15, 0.2) is 24.8 Å². The first-order valence-electron chi connectivity index (χ1n) is 9.77. The van der Waals surface area contributed by atoms with Crippen LogP contribution in [0.2, 0.25) is 0 Å². The summed E-state index contributed by atoms with van der Waals surface area (Å²) in [5.41, 5.74) is 0. The second-order valence-corrected chi connectivity index (χ2v) is 7.60. The summed E-state index contributed by atoms with van der Waals surface area (Å²) in [6.07, 6.45) is 8.68. The Morgan fingerprint density at radius 2 is 1.96 bits per heavy atom. The van der Waals surface area contributed by atoms with Gasteiger partial charge in [0, 0.05) is 51.1 Å². The predicted octanol–water partition coefficient (Wildman–Crippen LogP) is 1.12. The van der Waals surface area contributed by atoms with E-state index in [9.17, 15) is 10.2 Å². The van der Waals surface area contributed by atoms with E-state index in [0.717, 1.165) is 57.0 Å². The molecule has 2 N–H and O–H groups in total. The molecule has 0 radical (unpaired) electrons. The molecule has 4 rings (SSSR count). The van der Waals surface area contributed by atoms with Crippen LogP contribution < -0.4 is 9.80 Å². The predicted molar refractivity (Wildman–Crippen MR) is 103 cm³/mol. The third-order valence-electron chi connectivity index (χ3n) is 5.87. The summed E-state index contributed by atoms with van der Waals surface area (Å²) in [7, 11) is 1.91. The van der Waals surface area contributed by atoms with E-state index in [4.69, 9.17) is 0 Å². The first kappa shape index (κ1) is 18.2. The van der Waals surface area contributed by atoms with Crippen LogP contribution in [0.25, 0.3) is 0 Å². The topological polar surface area (TPSA) is 90.5 Å². The van der Waals surface area contributed by atoms with Crippen molar-refractivity contribution in [3.8, 4) is 0 Å². The lowest BCUT2D eigenvalue weighted by Crippen LogP contribution is -2.39. The van der Waals surface area contributed by atoms with Gasteiger partial charge in [-0.05, 0) is 25.7 Å². The summed E-state index contributed by atoms with van der Waals surface area (Å²) in [4.78, 5) is 17.6. The van der Waals surface area contributed by atoms with Crippen molar-refractivity contribution in [2.24, 2.45) is 13.0 Å². The molecule has 2 aliphatic rings. The Morgan fingerprint density at radius 1 is 1.15 bits per heavy atom. The third-order valence-corrected chi connectivity index (χ3v) is 5.87. The summed E-state index contributed by atoms with van der Waals surface area (Å²) in [5.74, 6) is 2.60. The van der Waals surface area contributed by atoms with Gasteiger partial charge in [0.25, 0.3) is 0 Å². The molecule has 2 fully saturated rings. The summed E-state index contributed by atoms with van der Waals surface area (Å²) in [6, 6.07) is 2.16. The monoisotopic (exact) mass is 372 g/mol. The Labute approximate surface area is 159 Å². The highest BCUT2D eigenvalue weighted by Gasteiger charge is 2.31. The summed E-state index contributed by atoms with van der Waals surface area (Å²) in [5, 5.41) is 20.4. The highest BCUT2D eigenvalue weighted by molar-refractivity contribution is 5.51. The fraction of sp³-hybridized carbons (Fsp3) is 0.632. The van der Waals surface area contributed by atoms with Crippen LogP contribution >= 0.6 is 0 Å². The zero-order chi connectivity index (χ0) is 18.8. The zero-order valence-electron chi connectivity index (χ0n) is 15.8. The average molecular weight is 372 g/mol. The normalized spacial score (nSPS) is 24.4. The summed E-state index contributed by atoms with van der Waals surface area (Å²) >= 11 is 0. The van der Waals surface area contributed by atoms with E-state index in [1.165, 1.54) is 0 Å². The van der Waals surface area contributed by atoms with E-state index in [0.29, 0.717) is 5.82 Å². The van der Waals surface area contributed by atoms with Crippen molar-refractivity contribution in [3.05, 3.63) is 30.6 Å². The van der Waals surface area contributed by atoms with Crippen LogP contribution in [0.3, 0.4) is 0 Å². The number of piperidine rings is 1. The molecule has 27 heavy (non-hydrogen) atoms. The fourth-order valence-electron chi connectivity index (χ4n) is 4.34. The number of hydrogen-bond donors (Lipinski definition) is 2. The van der Waals surface area contributed by atoms with E-state index >= 15 is 0 Å². The smallest absolute Gasteiger partial charge is 0.137 e. The molecule has 2 saturated heterocycles. The van der Waals surface area contributed by atoms with Crippen molar-refractivity contribution in [1.29, 1.82) is 0 Å². The maximum atomic E-state index is 10.8. The molecule has 0 spiro atoms. The lowest BCUT2D eigenvalue weighted by Gasteiger charge is -2.36. The number of aromatic nitrogens is 4. The lowest BCUT2D eigenvalue weighted by molar-refractivity contribution is 0.0873. The van der Waals surface area contributed by atoms with Crippen LogP contribution in [-0.4, -0.2) is 62.0 Å². The molecule has 0 saturated carbocycles. The van der Waals surface area contributed by atoms with Gasteiger partial charge in [0.2, 0.25) is 0 Å². The first-order valence-corrected chi connectivity index (χ1v) is 9.77. The highest BCUT2D eigenvalue weighted by atomic mass is 16.3. The molecule has 2 aromatic heterocycles. The van der Waals surface area contributed by atoms with Gasteiger partial charge < -0.3 is 24.6 Å². The molecule has 3 unspecified atom stereocenters. The number of hydrogen-bond acceptors (Lipinski definition) is 7. The zero-order valence-corrected chi connectivity index (χ0v) is 15.8. The molecule has 8 nitrogen and oxygen atoms in total. The Balaban J connectivity index is 1.50. The lowest BCUT2D eigenvalue weighted by atomic mass is 9.92. The van der Waals surface area contributed by atoms with Gasteiger partial charge in [0.15, 0.2) is 0 Å². The van der Waals surface area contributed by atoms with Gasteiger partial charge in [-0.25, -0.2) is 15.0 Å². The first-order chi connectivity index (χ1) is 13.2. The van der Waals surface area contributed by atoms with E-state index in [1.807, 2.05) is 23.9 Å². The molecular weight excluding hydrogens is 344 g/mol. The second kappa shape index (κ2) is 7.82. The number of aryl methyl sites for hydroxylation is 1. The van der Waals surface area contributed by atoms with E-state index in [1.54, 1.807) is 12.5 Å². The average Bonchev–Trinajstić information content (AvgIpc) is 3.36. The van der Waals surface area contributed by atoms with Crippen LogP contribution in [0.4, 0.5) is 11.6 Å². The van der Waals surface area contributed by atoms with E-state index < -0.39 is 6.10 Å². The molecule has 2 aliphatic heterocycles. The van der Waals surface area contributed by atoms with Crippen molar-refractivity contribution in [1.82, 2.24) is 19.5 Å². The van der Waals surface area contributed by atoms with Gasteiger partial charge >= 0.3 is 0 Å². The van der Waals surface area contributed by atoms with Crippen molar-refractivity contribution in [2.45, 2.75) is 37.8 Å². The minimum Gasteiger partial charge on any atom is -0.394 e. The molecule has 146 valence electrons. The number of rotatable bonds is 5. The Hall–Kier alpha value is -2.19. The molecule has 8 heteroatoms. The van der Waals surface area contributed by atoms with Crippen molar-refractivity contribution < 1.29 is 10.2 Å². The van der Waals surface area contributed by atoms with Crippen LogP contribution in [0, 0.1) is 5.92 Å². The second-order valence-electron chi connectivity index (χ2n) is 7.60. The number of aliphatic hydroxyl groups is 2. The minimum absolute atomic E-state index is 0.121. The Morgan fingerprint density at radius 3 is 2.74 bits per heavy atom.